The van der Waals surface area contributed by atoms with Gasteiger partial charge in [-0.25, -0.2) is 0 Å². The molecule has 0 radical (unpaired) electrons. The van der Waals surface area contributed by atoms with E-state index in [0.717, 1.165) is 6.42 Å². The number of carbonyl (C=O) groups is 1. The van der Waals surface area contributed by atoms with E-state index in [9.17, 15) is 14.9 Å². The van der Waals surface area contributed by atoms with Crippen molar-refractivity contribution in [2.75, 3.05) is 13.1 Å². The molecule has 0 unspecified atom stereocenters. The summed E-state index contributed by atoms with van der Waals surface area (Å²) in [7, 11) is 0. The number of rotatable bonds is 2. The van der Waals surface area contributed by atoms with Gasteiger partial charge in [0.1, 0.15) is 5.69 Å². The van der Waals surface area contributed by atoms with E-state index in [2.05, 4.69) is 4.98 Å². The molecule has 2 rings (SSSR count). The molecule has 0 spiro atoms. The van der Waals surface area contributed by atoms with Gasteiger partial charge in [-0.3, -0.25) is 14.9 Å². The Balaban J connectivity index is 0.00000144. The average molecular weight is 261 g/mol. The summed E-state index contributed by atoms with van der Waals surface area (Å²) in [4.78, 5) is 26.0. The maximum atomic E-state index is 11.8. The topological polar surface area (TPSA) is 105 Å². The maximum absolute atomic E-state index is 11.8. The summed E-state index contributed by atoms with van der Waals surface area (Å²) in [6.07, 6.45) is 1.98. The van der Waals surface area contributed by atoms with Crippen molar-refractivity contribution in [1.29, 1.82) is 0 Å². The van der Waals surface area contributed by atoms with Crippen molar-refractivity contribution in [3.63, 3.8) is 0 Å². The number of nitrogens with one attached hydrogen (secondary N) is 1. The fraction of sp³-hybridized carbons (Fsp3) is 0.444. The van der Waals surface area contributed by atoms with Gasteiger partial charge in [0.25, 0.3) is 11.6 Å². The van der Waals surface area contributed by atoms with Crippen LogP contribution in [0.4, 0.5) is 5.69 Å². The molecule has 17 heavy (non-hydrogen) atoms. The second-order valence-corrected chi connectivity index (χ2v) is 3.83. The van der Waals surface area contributed by atoms with Gasteiger partial charge in [0.2, 0.25) is 0 Å². The third kappa shape index (κ3) is 2.75. The van der Waals surface area contributed by atoms with Gasteiger partial charge < -0.3 is 15.6 Å². The number of hydrogen-bond donors (Lipinski definition) is 2. The van der Waals surface area contributed by atoms with Crippen molar-refractivity contribution in [2.45, 2.75) is 12.5 Å². The lowest BCUT2D eigenvalue weighted by atomic mass is 10.3. The molecule has 1 fully saturated rings. The molecule has 1 aliphatic rings. The molecule has 1 saturated heterocycles. The SMILES string of the molecule is Cl.N[C@@H]1CCN(C(=O)c2cc([N+](=O)[O-])c[nH]2)C1. The number of H-pyrrole nitrogens is 1. The van der Waals surface area contributed by atoms with Crippen LogP contribution in [0, 0.1) is 10.1 Å². The molecule has 0 aliphatic carbocycles. The minimum Gasteiger partial charge on any atom is -0.351 e. The Morgan fingerprint density at radius 2 is 2.35 bits per heavy atom. The van der Waals surface area contributed by atoms with E-state index in [1.165, 1.54) is 12.3 Å². The smallest absolute Gasteiger partial charge is 0.287 e. The molecule has 0 saturated carbocycles. The second kappa shape index (κ2) is 5.15. The summed E-state index contributed by atoms with van der Waals surface area (Å²) in [6.45, 7) is 1.11. The van der Waals surface area contributed by atoms with Gasteiger partial charge in [0.15, 0.2) is 0 Å². The van der Waals surface area contributed by atoms with E-state index in [4.69, 9.17) is 5.73 Å². The number of carbonyl (C=O) groups excluding carboxylic acids is 1. The molecule has 2 heterocycles. The van der Waals surface area contributed by atoms with Gasteiger partial charge in [0.05, 0.1) is 11.1 Å². The second-order valence-electron chi connectivity index (χ2n) is 3.83. The first-order valence-electron chi connectivity index (χ1n) is 4.95. The van der Waals surface area contributed by atoms with Crippen LogP contribution in [0.2, 0.25) is 0 Å². The van der Waals surface area contributed by atoms with Crippen LogP contribution in [0.1, 0.15) is 16.9 Å². The van der Waals surface area contributed by atoms with Crippen molar-refractivity contribution in [1.82, 2.24) is 9.88 Å². The van der Waals surface area contributed by atoms with Gasteiger partial charge in [-0.2, -0.15) is 0 Å². The molecule has 8 heteroatoms. The predicted molar refractivity (Wildman–Crippen MR) is 63.2 cm³/mol. The fourth-order valence-electron chi connectivity index (χ4n) is 1.75. The van der Waals surface area contributed by atoms with Gasteiger partial charge >= 0.3 is 0 Å². The first-order valence-corrected chi connectivity index (χ1v) is 4.95. The lowest BCUT2D eigenvalue weighted by Crippen LogP contribution is -2.32. The molecule has 1 aromatic rings. The lowest BCUT2D eigenvalue weighted by Gasteiger charge is -2.13. The van der Waals surface area contributed by atoms with Crippen molar-refractivity contribution < 1.29 is 9.72 Å². The Bertz CT molecular complexity index is 434. The van der Waals surface area contributed by atoms with Crippen molar-refractivity contribution >= 4 is 24.0 Å². The highest BCUT2D eigenvalue weighted by Crippen LogP contribution is 2.16. The summed E-state index contributed by atoms with van der Waals surface area (Å²) in [5, 5.41) is 10.5. The Morgan fingerprint density at radius 1 is 1.65 bits per heavy atom. The number of likely N-dealkylation sites (tertiary alicyclic amines) is 1. The van der Waals surface area contributed by atoms with E-state index in [1.54, 1.807) is 4.90 Å². The highest BCUT2D eigenvalue weighted by atomic mass is 35.5. The molecule has 1 amide bonds. The molecular weight excluding hydrogens is 248 g/mol. The normalized spacial score (nSPS) is 18.9. The lowest BCUT2D eigenvalue weighted by molar-refractivity contribution is -0.384. The van der Waals surface area contributed by atoms with Gasteiger partial charge in [-0.1, -0.05) is 0 Å². The van der Waals surface area contributed by atoms with Crippen LogP contribution >= 0.6 is 12.4 Å². The number of nitrogens with zero attached hydrogens (tertiary/aromatic N) is 2. The minimum atomic E-state index is -0.539. The zero-order chi connectivity index (χ0) is 11.7. The van der Waals surface area contributed by atoms with Crippen LogP contribution in [-0.4, -0.2) is 39.8 Å². The summed E-state index contributed by atoms with van der Waals surface area (Å²) in [5.74, 6) is -0.235. The Morgan fingerprint density at radius 3 is 2.82 bits per heavy atom. The first-order chi connectivity index (χ1) is 7.58. The third-order valence-corrected chi connectivity index (χ3v) is 2.62. The van der Waals surface area contributed by atoms with Crippen LogP contribution in [-0.2, 0) is 0 Å². The highest BCUT2D eigenvalue weighted by molar-refractivity contribution is 5.93. The summed E-state index contributed by atoms with van der Waals surface area (Å²) < 4.78 is 0. The van der Waals surface area contributed by atoms with Crippen LogP contribution in [0.15, 0.2) is 12.3 Å². The molecule has 1 aromatic heterocycles. The minimum absolute atomic E-state index is 0. The number of nitro groups is 1. The van der Waals surface area contributed by atoms with Crippen LogP contribution in [0.3, 0.4) is 0 Å². The molecule has 1 aliphatic heterocycles. The van der Waals surface area contributed by atoms with Gasteiger partial charge in [-0.05, 0) is 6.42 Å². The largest absolute Gasteiger partial charge is 0.351 e. The van der Waals surface area contributed by atoms with Gasteiger partial charge in [0, 0.05) is 25.2 Å². The Hall–Kier alpha value is -1.60. The van der Waals surface area contributed by atoms with Crippen LogP contribution in [0.5, 0.6) is 0 Å². The number of aromatic nitrogens is 1. The molecule has 3 N–H and O–H groups in total. The van der Waals surface area contributed by atoms with E-state index in [-0.39, 0.29) is 35.7 Å². The quantitative estimate of drug-likeness (QED) is 0.597. The van der Waals surface area contributed by atoms with Crippen molar-refractivity contribution in [3.8, 4) is 0 Å². The number of aromatic amines is 1. The van der Waals surface area contributed by atoms with E-state index in [0.29, 0.717) is 13.1 Å². The molecule has 1 atom stereocenters. The standard InChI is InChI=1S/C9H12N4O3.ClH/c10-6-1-2-12(5-6)9(14)8-3-7(4-11-8)13(15)16;/h3-4,6,11H,1-2,5,10H2;1H/t6-;/m1./s1. The highest BCUT2D eigenvalue weighted by Gasteiger charge is 2.26. The van der Waals surface area contributed by atoms with Gasteiger partial charge in [-0.15, -0.1) is 12.4 Å². The summed E-state index contributed by atoms with van der Waals surface area (Å²) in [5.41, 5.74) is 5.81. The molecular formula is C9H13ClN4O3. The number of nitrogens with two attached hydrogens (primary N) is 1. The Kier molecular flexibility index (Phi) is 4.08. The third-order valence-electron chi connectivity index (χ3n) is 2.62. The number of amides is 1. The molecule has 0 aromatic carbocycles. The summed E-state index contributed by atoms with van der Waals surface area (Å²) in [6, 6.07) is 1.25. The number of halogens is 1. The van der Waals surface area contributed by atoms with Crippen LogP contribution in [0.25, 0.3) is 0 Å². The number of hydrogen-bond acceptors (Lipinski definition) is 4. The van der Waals surface area contributed by atoms with Crippen molar-refractivity contribution in [3.05, 3.63) is 28.1 Å². The Labute approximate surface area is 104 Å². The van der Waals surface area contributed by atoms with Crippen molar-refractivity contribution in [2.24, 2.45) is 5.73 Å². The van der Waals surface area contributed by atoms with E-state index < -0.39 is 4.92 Å². The first kappa shape index (κ1) is 13.5. The van der Waals surface area contributed by atoms with E-state index >= 15 is 0 Å². The fourth-order valence-corrected chi connectivity index (χ4v) is 1.75. The predicted octanol–water partition coefficient (Wildman–Crippen LogP) is 0.518. The zero-order valence-electron chi connectivity index (χ0n) is 8.96. The monoisotopic (exact) mass is 260 g/mol. The van der Waals surface area contributed by atoms with E-state index in [1.807, 2.05) is 0 Å². The maximum Gasteiger partial charge on any atom is 0.287 e. The molecule has 94 valence electrons. The molecule has 0 bridgehead atoms. The molecule has 7 nitrogen and oxygen atoms in total. The summed E-state index contributed by atoms with van der Waals surface area (Å²) >= 11 is 0. The van der Waals surface area contributed by atoms with Crippen LogP contribution < -0.4 is 5.73 Å². The zero-order valence-corrected chi connectivity index (χ0v) is 9.77. The average Bonchev–Trinajstić information content (AvgIpc) is 2.84.